The van der Waals surface area contributed by atoms with E-state index in [1.807, 2.05) is 43.3 Å². The number of hydrogen-bond acceptors (Lipinski definition) is 5. The Morgan fingerprint density at radius 1 is 0.909 bits per heavy atom. The Hall–Kier alpha value is -4.00. The lowest BCUT2D eigenvalue weighted by molar-refractivity contribution is 0.0698. The van der Waals surface area contributed by atoms with Crippen LogP contribution in [0.1, 0.15) is 26.3 Å². The fourth-order valence-corrected chi connectivity index (χ4v) is 4.09. The molecule has 0 saturated carbocycles. The third-order valence-corrected chi connectivity index (χ3v) is 5.83. The first-order chi connectivity index (χ1) is 16.0. The molecule has 170 valence electrons. The van der Waals surface area contributed by atoms with E-state index >= 15 is 0 Å². The maximum atomic E-state index is 12.6. The third-order valence-electron chi connectivity index (χ3n) is 5.83. The van der Waals surface area contributed by atoms with Crippen molar-refractivity contribution in [1.29, 1.82) is 0 Å². The van der Waals surface area contributed by atoms with Gasteiger partial charge in [-0.15, -0.1) is 0 Å². The summed E-state index contributed by atoms with van der Waals surface area (Å²) in [4.78, 5) is 29.0. The van der Waals surface area contributed by atoms with Crippen LogP contribution in [0.15, 0.2) is 66.7 Å². The molecule has 1 fully saturated rings. The zero-order valence-corrected chi connectivity index (χ0v) is 18.7. The largest absolute Gasteiger partial charge is 0.495 e. The van der Waals surface area contributed by atoms with Crippen LogP contribution in [-0.2, 0) is 0 Å². The monoisotopic (exact) mass is 445 g/mol. The van der Waals surface area contributed by atoms with Crippen molar-refractivity contribution in [3.05, 3.63) is 83.4 Å². The number of piperazine rings is 1. The number of rotatable bonds is 6. The van der Waals surface area contributed by atoms with Crippen LogP contribution in [0.3, 0.4) is 0 Å². The predicted octanol–water partition coefficient (Wildman–Crippen LogP) is 4.28. The first-order valence-electron chi connectivity index (χ1n) is 10.8. The number of para-hydroxylation sites is 2. The van der Waals surface area contributed by atoms with Crippen LogP contribution in [0.4, 0.5) is 17.1 Å². The number of hydrogen-bond donors (Lipinski definition) is 2. The Balaban J connectivity index is 1.49. The number of aryl methyl sites for hydroxylation is 1. The highest BCUT2D eigenvalue weighted by molar-refractivity contribution is 6.08. The molecule has 0 unspecified atom stereocenters. The highest BCUT2D eigenvalue weighted by Crippen LogP contribution is 2.30. The molecule has 0 radical (unpaired) electrons. The second kappa shape index (κ2) is 9.65. The lowest BCUT2D eigenvalue weighted by Crippen LogP contribution is -2.46. The molecule has 0 aromatic heterocycles. The van der Waals surface area contributed by atoms with Gasteiger partial charge in [-0.25, -0.2) is 4.79 Å². The first kappa shape index (κ1) is 22.2. The SMILES string of the molecule is COc1ccccc1N1CCN(c2ccc(NC(=O)c3cccc(C)c3)c(C(=O)O)c2)CC1. The number of aromatic carboxylic acids is 1. The summed E-state index contributed by atoms with van der Waals surface area (Å²) in [5.41, 5.74) is 3.68. The molecule has 4 rings (SSSR count). The summed E-state index contributed by atoms with van der Waals surface area (Å²) in [5, 5.41) is 12.5. The van der Waals surface area contributed by atoms with Gasteiger partial charge in [0.05, 0.1) is 24.0 Å². The maximum Gasteiger partial charge on any atom is 0.337 e. The summed E-state index contributed by atoms with van der Waals surface area (Å²) < 4.78 is 5.48. The van der Waals surface area contributed by atoms with Crippen LogP contribution >= 0.6 is 0 Å². The van der Waals surface area contributed by atoms with Crippen molar-refractivity contribution in [2.24, 2.45) is 0 Å². The number of nitrogens with one attached hydrogen (secondary N) is 1. The Bertz CT molecular complexity index is 1170. The highest BCUT2D eigenvalue weighted by Gasteiger charge is 2.22. The Morgan fingerprint density at radius 2 is 1.64 bits per heavy atom. The van der Waals surface area contributed by atoms with Crippen LogP contribution in [0, 0.1) is 6.92 Å². The lowest BCUT2D eigenvalue weighted by Gasteiger charge is -2.38. The molecular weight excluding hydrogens is 418 g/mol. The van der Waals surface area contributed by atoms with E-state index < -0.39 is 5.97 Å². The second-order valence-electron chi connectivity index (χ2n) is 8.00. The fraction of sp³-hybridized carbons (Fsp3) is 0.231. The second-order valence-corrected chi connectivity index (χ2v) is 8.00. The Kier molecular flexibility index (Phi) is 6.49. The quantitative estimate of drug-likeness (QED) is 0.589. The molecule has 3 aromatic carbocycles. The molecule has 1 saturated heterocycles. The first-order valence-corrected chi connectivity index (χ1v) is 10.8. The van der Waals surface area contributed by atoms with Crippen molar-refractivity contribution in [2.45, 2.75) is 6.92 Å². The summed E-state index contributed by atoms with van der Waals surface area (Å²) in [6.45, 7) is 4.96. The molecule has 0 aliphatic carbocycles. The number of carboxylic acids is 1. The van der Waals surface area contributed by atoms with Crippen LogP contribution in [-0.4, -0.2) is 50.3 Å². The van der Waals surface area contributed by atoms with Gasteiger partial charge in [0, 0.05) is 37.4 Å². The molecule has 1 aliphatic rings. The predicted molar refractivity (Wildman–Crippen MR) is 130 cm³/mol. The van der Waals surface area contributed by atoms with Gasteiger partial charge in [-0.1, -0.05) is 29.8 Å². The standard InChI is InChI=1S/C26H27N3O4/c1-18-6-5-7-19(16-18)25(30)27-22-11-10-20(17-21(22)26(31)32)28-12-14-29(15-13-28)23-8-3-4-9-24(23)33-2/h3-11,16-17H,12-15H2,1-2H3,(H,27,30)(H,31,32). The molecule has 2 N–H and O–H groups in total. The summed E-state index contributed by atoms with van der Waals surface area (Å²) in [7, 11) is 1.67. The normalized spacial score (nSPS) is 13.5. The molecule has 3 aromatic rings. The van der Waals surface area contributed by atoms with Crippen molar-refractivity contribution in [1.82, 2.24) is 0 Å². The summed E-state index contributed by atoms with van der Waals surface area (Å²) in [6.07, 6.45) is 0. The summed E-state index contributed by atoms with van der Waals surface area (Å²) in [6, 6.07) is 20.3. The number of benzene rings is 3. The van der Waals surface area contributed by atoms with Gasteiger partial charge in [0.25, 0.3) is 5.91 Å². The number of anilines is 3. The Morgan fingerprint density at radius 3 is 2.33 bits per heavy atom. The topological polar surface area (TPSA) is 82.1 Å². The number of carbonyl (C=O) groups excluding carboxylic acids is 1. The van der Waals surface area contributed by atoms with Crippen molar-refractivity contribution in [3.63, 3.8) is 0 Å². The van der Waals surface area contributed by atoms with Gasteiger partial charge in [-0.05, 0) is 49.4 Å². The molecule has 7 heteroatoms. The minimum Gasteiger partial charge on any atom is -0.495 e. The molecule has 0 bridgehead atoms. The number of amides is 1. The molecule has 7 nitrogen and oxygen atoms in total. The van der Waals surface area contributed by atoms with Gasteiger partial charge in [0.15, 0.2) is 0 Å². The van der Waals surface area contributed by atoms with Crippen LogP contribution in [0.25, 0.3) is 0 Å². The number of nitrogens with zero attached hydrogens (tertiary/aromatic N) is 2. The van der Waals surface area contributed by atoms with Crippen molar-refractivity contribution >= 4 is 28.9 Å². The van der Waals surface area contributed by atoms with Gasteiger partial charge in [0.2, 0.25) is 0 Å². The number of methoxy groups -OCH3 is 1. The maximum absolute atomic E-state index is 12.6. The van der Waals surface area contributed by atoms with Gasteiger partial charge in [-0.3, -0.25) is 4.79 Å². The molecular formula is C26H27N3O4. The number of carbonyl (C=O) groups is 2. The molecule has 1 heterocycles. The zero-order valence-electron chi connectivity index (χ0n) is 18.7. The van der Waals surface area contributed by atoms with Crippen molar-refractivity contribution in [3.8, 4) is 5.75 Å². The average Bonchev–Trinajstić information content (AvgIpc) is 2.84. The van der Waals surface area contributed by atoms with Crippen LogP contribution in [0.2, 0.25) is 0 Å². The Labute approximate surface area is 193 Å². The zero-order chi connectivity index (χ0) is 23.4. The van der Waals surface area contributed by atoms with Gasteiger partial charge in [-0.2, -0.15) is 0 Å². The van der Waals surface area contributed by atoms with Gasteiger partial charge >= 0.3 is 5.97 Å². The minimum atomic E-state index is -1.08. The molecule has 0 spiro atoms. The third kappa shape index (κ3) is 4.92. The van der Waals surface area contributed by atoms with E-state index in [0.29, 0.717) is 5.56 Å². The highest BCUT2D eigenvalue weighted by atomic mass is 16.5. The summed E-state index contributed by atoms with van der Waals surface area (Å²) >= 11 is 0. The van der Waals surface area contributed by atoms with Gasteiger partial charge < -0.3 is 25.0 Å². The van der Waals surface area contributed by atoms with Crippen LogP contribution in [0.5, 0.6) is 5.75 Å². The average molecular weight is 446 g/mol. The van der Waals surface area contributed by atoms with E-state index in [1.54, 1.807) is 37.4 Å². The van der Waals surface area contributed by atoms with E-state index in [2.05, 4.69) is 15.1 Å². The number of ether oxygens (including phenoxy) is 1. The molecule has 1 amide bonds. The van der Waals surface area contributed by atoms with Crippen molar-refractivity contribution < 1.29 is 19.4 Å². The summed E-state index contributed by atoms with van der Waals surface area (Å²) in [5.74, 6) is -0.573. The van der Waals surface area contributed by atoms with Gasteiger partial charge in [0.1, 0.15) is 5.75 Å². The van der Waals surface area contributed by atoms with Crippen LogP contribution < -0.4 is 19.9 Å². The fourth-order valence-electron chi connectivity index (χ4n) is 4.09. The molecule has 33 heavy (non-hydrogen) atoms. The van der Waals surface area contributed by atoms with E-state index in [0.717, 1.165) is 48.9 Å². The van der Waals surface area contributed by atoms with E-state index in [9.17, 15) is 14.7 Å². The number of carboxylic acid groups (broad SMARTS) is 1. The smallest absolute Gasteiger partial charge is 0.337 e. The molecule has 0 atom stereocenters. The van der Waals surface area contributed by atoms with E-state index in [1.165, 1.54) is 0 Å². The van der Waals surface area contributed by atoms with E-state index in [4.69, 9.17) is 4.74 Å². The van der Waals surface area contributed by atoms with Crippen molar-refractivity contribution in [2.75, 3.05) is 48.4 Å². The minimum absolute atomic E-state index is 0.0701. The lowest BCUT2D eigenvalue weighted by atomic mass is 10.1. The van der Waals surface area contributed by atoms with E-state index in [-0.39, 0.29) is 17.2 Å². The molecule has 1 aliphatic heterocycles.